The number of rotatable bonds is 4. The van der Waals surface area contributed by atoms with Crippen LogP contribution in [0.15, 0.2) is 0 Å². The second-order valence-electron chi connectivity index (χ2n) is 2.72. The van der Waals surface area contributed by atoms with Crippen LogP contribution >= 0.6 is 7.80 Å². The Morgan fingerprint density at radius 1 is 1.44 bits per heavy atom. The number of unbranched alkanes of at least 4 members (excludes halogenated alkanes) is 1. The molecule has 0 aliphatic carbocycles. The summed E-state index contributed by atoms with van der Waals surface area (Å²) < 4.78 is 11.1. The fourth-order valence-electron chi connectivity index (χ4n) is 0.640. The minimum atomic E-state index is -1.22. The zero-order valence-corrected chi connectivity index (χ0v) is 7.61. The molecule has 0 rings (SSSR count). The molecule has 0 saturated carbocycles. The van der Waals surface area contributed by atoms with Gasteiger partial charge in [0.25, 0.3) is 0 Å². The first-order chi connectivity index (χ1) is 4.18. The van der Waals surface area contributed by atoms with E-state index in [4.69, 9.17) is 0 Å². The van der Waals surface area contributed by atoms with Gasteiger partial charge in [0.05, 0.1) is 7.80 Å². The topological polar surface area (TPSA) is 17.1 Å². The van der Waals surface area contributed by atoms with Crippen LogP contribution in [0.4, 0.5) is 0 Å². The number of hydrogen-bond acceptors (Lipinski definition) is 1. The molecule has 0 fully saturated rings. The van der Waals surface area contributed by atoms with E-state index in [1.807, 2.05) is 13.8 Å². The zero-order chi connectivity index (χ0) is 7.28. The molecule has 0 saturated heterocycles. The summed E-state index contributed by atoms with van der Waals surface area (Å²) in [7, 11) is -1.22. The van der Waals surface area contributed by atoms with Crippen LogP contribution in [0.1, 0.15) is 33.6 Å². The van der Waals surface area contributed by atoms with E-state index in [2.05, 4.69) is 6.92 Å². The average molecular weight is 148 g/mol. The average Bonchev–Trinajstić information content (AvgIpc) is 1.82. The van der Waals surface area contributed by atoms with Crippen molar-refractivity contribution >= 4 is 7.80 Å². The van der Waals surface area contributed by atoms with Gasteiger partial charge < -0.3 is 4.57 Å². The normalized spacial score (nSPS) is 14.2. The Bertz CT molecular complexity index is 88.9. The molecule has 0 aromatic rings. The van der Waals surface area contributed by atoms with Gasteiger partial charge in [-0.1, -0.05) is 27.2 Å². The Balaban J connectivity index is 3.28. The van der Waals surface area contributed by atoms with Gasteiger partial charge in [0.15, 0.2) is 0 Å². The van der Waals surface area contributed by atoms with Gasteiger partial charge in [0.2, 0.25) is 0 Å². The molecule has 0 spiro atoms. The quantitative estimate of drug-likeness (QED) is 0.560. The van der Waals surface area contributed by atoms with Crippen molar-refractivity contribution in [2.45, 2.75) is 39.3 Å². The Kier molecular flexibility index (Phi) is 5.18. The van der Waals surface area contributed by atoms with Crippen LogP contribution in [0.25, 0.3) is 0 Å². The van der Waals surface area contributed by atoms with Gasteiger partial charge >= 0.3 is 0 Å². The lowest BCUT2D eigenvalue weighted by atomic mass is 10.4. The van der Waals surface area contributed by atoms with Gasteiger partial charge in [-0.2, -0.15) is 0 Å². The standard InChI is InChI=1S/C7H17OP/c1-4-5-6-9(8)7(2)3/h7,9H,4-6H2,1-3H3. The van der Waals surface area contributed by atoms with Crippen LogP contribution in [-0.4, -0.2) is 11.8 Å². The molecular weight excluding hydrogens is 131 g/mol. The molecule has 1 atom stereocenters. The largest absolute Gasteiger partial charge is 0.327 e. The first-order valence-electron chi connectivity index (χ1n) is 3.71. The summed E-state index contributed by atoms with van der Waals surface area (Å²) in [5.41, 5.74) is 0.418. The molecule has 1 unspecified atom stereocenters. The van der Waals surface area contributed by atoms with E-state index >= 15 is 0 Å². The molecule has 0 N–H and O–H groups in total. The Hall–Kier alpha value is 0.230. The first-order valence-corrected chi connectivity index (χ1v) is 5.40. The van der Waals surface area contributed by atoms with Crippen molar-refractivity contribution in [3.05, 3.63) is 0 Å². The van der Waals surface area contributed by atoms with E-state index in [1.165, 1.54) is 6.42 Å². The highest BCUT2D eigenvalue weighted by molar-refractivity contribution is 7.45. The van der Waals surface area contributed by atoms with E-state index in [9.17, 15) is 4.57 Å². The van der Waals surface area contributed by atoms with Crippen LogP contribution in [0.5, 0.6) is 0 Å². The van der Waals surface area contributed by atoms with Crippen LogP contribution < -0.4 is 0 Å². The lowest BCUT2D eigenvalue weighted by Gasteiger charge is -2.02. The zero-order valence-electron chi connectivity index (χ0n) is 6.61. The van der Waals surface area contributed by atoms with Gasteiger partial charge in [-0.3, -0.25) is 0 Å². The van der Waals surface area contributed by atoms with Gasteiger partial charge in [0, 0.05) is 5.66 Å². The van der Waals surface area contributed by atoms with Crippen molar-refractivity contribution in [3.63, 3.8) is 0 Å². The molecule has 0 heterocycles. The van der Waals surface area contributed by atoms with Crippen molar-refractivity contribution in [2.24, 2.45) is 0 Å². The summed E-state index contributed by atoms with van der Waals surface area (Å²) in [6.07, 6.45) is 3.26. The Labute approximate surface area is 58.6 Å². The highest BCUT2D eigenvalue weighted by Crippen LogP contribution is 2.27. The molecule has 0 aromatic carbocycles. The molecule has 2 heteroatoms. The summed E-state index contributed by atoms with van der Waals surface area (Å²) >= 11 is 0. The molecule has 0 aliphatic rings. The molecule has 1 nitrogen and oxygen atoms in total. The second kappa shape index (κ2) is 5.05. The van der Waals surface area contributed by atoms with Crippen LogP contribution in [0.2, 0.25) is 0 Å². The number of hydrogen-bond donors (Lipinski definition) is 0. The monoisotopic (exact) mass is 148 g/mol. The maximum Gasteiger partial charge on any atom is 0.0786 e. The maximum absolute atomic E-state index is 11.1. The minimum absolute atomic E-state index is 0.418. The van der Waals surface area contributed by atoms with E-state index in [0.29, 0.717) is 5.66 Å². The predicted molar refractivity (Wildman–Crippen MR) is 43.9 cm³/mol. The van der Waals surface area contributed by atoms with Gasteiger partial charge in [-0.15, -0.1) is 0 Å². The molecule has 0 aromatic heterocycles. The summed E-state index contributed by atoms with van der Waals surface area (Å²) in [6, 6.07) is 0. The first kappa shape index (κ1) is 9.23. The van der Waals surface area contributed by atoms with Crippen LogP contribution in [-0.2, 0) is 4.57 Å². The summed E-state index contributed by atoms with van der Waals surface area (Å²) in [4.78, 5) is 0. The van der Waals surface area contributed by atoms with Gasteiger partial charge in [-0.25, -0.2) is 0 Å². The SMILES string of the molecule is CCCC[PH](=O)C(C)C. The third-order valence-electron chi connectivity index (χ3n) is 1.42. The third kappa shape index (κ3) is 4.72. The summed E-state index contributed by atoms with van der Waals surface area (Å²) in [6.45, 7) is 6.21. The van der Waals surface area contributed by atoms with E-state index in [1.54, 1.807) is 0 Å². The fraction of sp³-hybridized carbons (Fsp3) is 1.00. The van der Waals surface area contributed by atoms with E-state index < -0.39 is 7.80 Å². The van der Waals surface area contributed by atoms with E-state index in [-0.39, 0.29) is 0 Å². The molecule has 9 heavy (non-hydrogen) atoms. The van der Waals surface area contributed by atoms with Crippen molar-refractivity contribution in [2.75, 3.05) is 6.16 Å². The summed E-state index contributed by atoms with van der Waals surface area (Å²) in [5.74, 6) is 0. The highest BCUT2D eigenvalue weighted by atomic mass is 31.1. The lowest BCUT2D eigenvalue weighted by Crippen LogP contribution is -1.89. The minimum Gasteiger partial charge on any atom is -0.327 e. The lowest BCUT2D eigenvalue weighted by molar-refractivity contribution is 0.580. The molecular formula is C7H17OP. The van der Waals surface area contributed by atoms with Gasteiger partial charge in [-0.05, 0) is 12.6 Å². The van der Waals surface area contributed by atoms with Crippen molar-refractivity contribution in [1.29, 1.82) is 0 Å². The molecule has 0 amide bonds. The van der Waals surface area contributed by atoms with E-state index in [0.717, 1.165) is 12.6 Å². The molecule has 56 valence electrons. The van der Waals surface area contributed by atoms with Crippen molar-refractivity contribution in [1.82, 2.24) is 0 Å². The highest BCUT2D eigenvalue weighted by Gasteiger charge is 2.02. The molecule has 0 bridgehead atoms. The molecule has 0 radical (unpaired) electrons. The summed E-state index contributed by atoms with van der Waals surface area (Å²) in [5, 5.41) is 0. The smallest absolute Gasteiger partial charge is 0.0786 e. The maximum atomic E-state index is 11.1. The van der Waals surface area contributed by atoms with Crippen molar-refractivity contribution < 1.29 is 4.57 Å². The Morgan fingerprint density at radius 3 is 2.33 bits per heavy atom. The molecule has 0 aliphatic heterocycles. The fourth-order valence-corrected chi connectivity index (χ4v) is 1.92. The predicted octanol–water partition coefficient (Wildman–Crippen LogP) is 2.75. The second-order valence-corrected chi connectivity index (χ2v) is 5.31. The van der Waals surface area contributed by atoms with Gasteiger partial charge in [0.1, 0.15) is 0 Å². The Morgan fingerprint density at radius 2 is 2.00 bits per heavy atom. The van der Waals surface area contributed by atoms with Crippen LogP contribution in [0.3, 0.4) is 0 Å². The van der Waals surface area contributed by atoms with Crippen molar-refractivity contribution in [3.8, 4) is 0 Å². The third-order valence-corrected chi connectivity index (χ3v) is 3.55. The van der Waals surface area contributed by atoms with Crippen LogP contribution in [0, 0.1) is 0 Å².